The molecule has 23 heavy (non-hydrogen) atoms. The summed E-state index contributed by atoms with van der Waals surface area (Å²) in [5.74, 6) is -0.587. The van der Waals surface area contributed by atoms with Gasteiger partial charge in [-0.3, -0.25) is 14.9 Å². The minimum atomic E-state index is -0.495. The lowest BCUT2D eigenvalue weighted by Crippen LogP contribution is -2.31. The molecule has 0 fully saturated rings. The van der Waals surface area contributed by atoms with Crippen LogP contribution in [-0.4, -0.2) is 22.3 Å². The lowest BCUT2D eigenvalue weighted by atomic mass is 10.1. The Morgan fingerprint density at radius 3 is 2.61 bits per heavy atom. The molecule has 2 aromatic rings. The van der Waals surface area contributed by atoms with Crippen molar-refractivity contribution in [2.45, 2.75) is 19.9 Å². The maximum atomic E-state index is 13.2. The molecule has 0 aliphatic heterocycles. The highest BCUT2D eigenvalue weighted by atomic mass is 19.1. The number of benzene rings is 2. The van der Waals surface area contributed by atoms with E-state index in [9.17, 15) is 19.3 Å². The smallest absolute Gasteiger partial charge is 0.273 e. The fourth-order valence-electron chi connectivity index (χ4n) is 2.35. The Hall–Kier alpha value is -2.76. The summed E-state index contributed by atoms with van der Waals surface area (Å²) in [5.41, 5.74) is 0.991. The second-order valence-corrected chi connectivity index (χ2v) is 5.10. The van der Waals surface area contributed by atoms with E-state index in [4.69, 9.17) is 0 Å². The Bertz CT molecular complexity index is 718. The zero-order valence-corrected chi connectivity index (χ0v) is 12.7. The first-order valence-electron chi connectivity index (χ1n) is 7.25. The predicted molar refractivity (Wildman–Crippen MR) is 84.3 cm³/mol. The summed E-state index contributed by atoms with van der Waals surface area (Å²) < 4.78 is 13.2. The number of nitrogens with zero attached hydrogens (tertiary/aromatic N) is 2. The van der Waals surface area contributed by atoms with E-state index in [-0.39, 0.29) is 30.4 Å². The molecule has 2 aromatic carbocycles. The van der Waals surface area contributed by atoms with Crippen molar-refractivity contribution in [1.29, 1.82) is 0 Å². The Morgan fingerprint density at radius 1 is 1.22 bits per heavy atom. The van der Waals surface area contributed by atoms with Crippen LogP contribution in [-0.2, 0) is 17.8 Å². The van der Waals surface area contributed by atoms with Gasteiger partial charge in [0.1, 0.15) is 5.82 Å². The molecule has 0 aromatic heterocycles. The average molecular weight is 316 g/mol. The number of carbonyl (C=O) groups excluding carboxylic acids is 1. The molecule has 0 N–H and O–H groups in total. The highest BCUT2D eigenvalue weighted by Gasteiger charge is 2.19. The van der Waals surface area contributed by atoms with E-state index in [1.807, 2.05) is 6.92 Å². The molecule has 0 aliphatic rings. The molecule has 0 radical (unpaired) electrons. The van der Waals surface area contributed by atoms with Crippen LogP contribution >= 0.6 is 0 Å². The van der Waals surface area contributed by atoms with Gasteiger partial charge in [0, 0.05) is 24.7 Å². The van der Waals surface area contributed by atoms with Crippen LogP contribution in [0.1, 0.15) is 18.1 Å². The van der Waals surface area contributed by atoms with Gasteiger partial charge in [-0.2, -0.15) is 0 Å². The first-order valence-corrected chi connectivity index (χ1v) is 7.25. The lowest BCUT2D eigenvalue weighted by molar-refractivity contribution is -0.385. The average Bonchev–Trinajstić information content (AvgIpc) is 2.53. The molecular formula is C17H17FN2O3. The summed E-state index contributed by atoms with van der Waals surface area (Å²) >= 11 is 0. The molecular weight excluding hydrogens is 299 g/mol. The molecule has 120 valence electrons. The predicted octanol–water partition coefficient (Wildman–Crippen LogP) is 3.33. The van der Waals surface area contributed by atoms with Crippen molar-refractivity contribution >= 4 is 11.6 Å². The van der Waals surface area contributed by atoms with E-state index in [1.54, 1.807) is 35.2 Å². The number of rotatable bonds is 6. The number of likely N-dealkylation sites (N-methyl/N-ethyl adjacent to an activating group) is 1. The van der Waals surface area contributed by atoms with E-state index in [1.165, 1.54) is 18.2 Å². The fraction of sp³-hybridized carbons (Fsp3) is 0.235. The van der Waals surface area contributed by atoms with E-state index in [2.05, 4.69) is 0 Å². The van der Waals surface area contributed by atoms with E-state index < -0.39 is 4.92 Å². The van der Waals surface area contributed by atoms with Gasteiger partial charge >= 0.3 is 0 Å². The third-order valence-corrected chi connectivity index (χ3v) is 3.53. The number of nitro groups is 1. The van der Waals surface area contributed by atoms with Crippen molar-refractivity contribution in [3.63, 3.8) is 0 Å². The monoisotopic (exact) mass is 316 g/mol. The van der Waals surface area contributed by atoms with Crippen LogP contribution in [0, 0.1) is 15.9 Å². The van der Waals surface area contributed by atoms with Gasteiger partial charge in [-0.1, -0.05) is 30.3 Å². The number of para-hydroxylation sites is 1. The summed E-state index contributed by atoms with van der Waals surface area (Å²) in [4.78, 5) is 24.5. The fourth-order valence-corrected chi connectivity index (χ4v) is 2.35. The first kappa shape index (κ1) is 16.6. The molecule has 0 unspecified atom stereocenters. The van der Waals surface area contributed by atoms with Crippen LogP contribution in [0.15, 0.2) is 48.5 Å². The van der Waals surface area contributed by atoms with Gasteiger partial charge in [-0.25, -0.2) is 4.39 Å². The Morgan fingerprint density at radius 2 is 1.96 bits per heavy atom. The third-order valence-electron chi connectivity index (χ3n) is 3.53. The highest BCUT2D eigenvalue weighted by Crippen LogP contribution is 2.19. The van der Waals surface area contributed by atoms with Crippen LogP contribution in [0.5, 0.6) is 0 Å². The maximum Gasteiger partial charge on any atom is 0.273 e. The van der Waals surface area contributed by atoms with Crippen LogP contribution in [0.25, 0.3) is 0 Å². The second-order valence-electron chi connectivity index (χ2n) is 5.10. The van der Waals surface area contributed by atoms with E-state index in [0.717, 1.165) is 0 Å². The Labute approximate surface area is 133 Å². The molecule has 0 aliphatic carbocycles. The van der Waals surface area contributed by atoms with Crippen LogP contribution in [0.4, 0.5) is 10.1 Å². The van der Waals surface area contributed by atoms with E-state index >= 15 is 0 Å². The zero-order chi connectivity index (χ0) is 16.8. The number of nitro benzene ring substituents is 1. The molecule has 0 saturated heterocycles. The topological polar surface area (TPSA) is 63.5 Å². The van der Waals surface area contributed by atoms with E-state index in [0.29, 0.717) is 17.7 Å². The first-order chi connectivity index (χ1) is 11.0. The summed E-state index contributed by atoms with van der Waals surface area (Å²) in [5, 5.41) is 11.0. The zero-order valence-electron chi connectivity index (χ0n) is 12.7. The third kappa shape index (κ3) is 4.35. The summed E-state index contributed by atoms with van der Waals surface area (Å²) in [6.07, 6.45) is -0.0552. The van der Waals surface area contributed by atoms with Crippen LogP contribution in [0.2, 0.25) is 0 Å². The number of carbonyl (C=O) groups is 1. The largest absolute Gasteiger partial charge is 0.338 e. The van der Waals surface area contributed by atoms with Gasteiger partial charge < -0.3 is 4.90 Å². The van der Waals surface area contributed by atoms with Crippen LogP contribution < -0.4 is 0 Å². The van der Waals surface area contributed by atoms with Gasteiger partial charge in [-0.15, -0.1) is 0 Å². The van der Waals surface area contributed by atoms with Crippen molar-refractivity contribution in [3.05, 3.63) is 75.6 Å². The maximum absolute atomic E-state index is 13.2. The molecule has 0 heterocycles. The van der Waals surface area contributed by atoms with Gasteiger partial charge in [0.2, 0.25) is 5.91 Å². The molecule has 0 bridgehead atoms. The molecule has 0 atom stereocenters. The minimum absolute atomic E-state index is 0.0552. The Kier molecular flexibility index (Phi) is 5.41. The van der Waals surface area contributed by atoms with Gasteiger partial charge in [0.25, 0.3) is 5.69 Å². The Balaban J connectivity index is 2.13. The van der Waals surface area contributed by atoms with Gasteiger partial charge in [0.15, 0.2) is 0 Å². The molecule has 1 amide bonds. The van der Waals surface area contributed by atoms with Crippen molar-refractivity contribution in [1.82, 2.24) is 4.90 Å². The standard InChI is InChI=1S/C17H17FN2O3/c1-2-19(12-13-6-5-8-15(18)10-13)17(21)11-14-7-3-4-9-16(14)20(22)23/h3-10H,2,11-12H2,1H3. The second kappa shape index (κ2) is 7.49. The highest BCUT2D eigenvalue weighted by molar-refractivity contribution is 5.80. The number of hydrogen-bond acceptors (Lipinski definition) is 3. The van der Waals surface area contributed by atoms with Crippen LogP contribution in [0.3, 0.4) is 0 Å². The summed E-state index contributed by atoms with van der Waals surface area (Å²) in [6.45, 7) is 2.53. The van der Waals surface area contributed by atoms with Crippen molar-refractivity contribution in [2.75, 3.05) is 6.54 Å². The molecule has 6 heteroatoms. The quantitative estimate of drug-likeness (QED) is 0.606. The normalized spacial score (nSPS) is 10.3. The number of amides is 1. The van der Waals surface area contributed by atoms with Gasteiger partial charge in [-0.05, 0) is 24.6 Å². The number of hydrogen-bond donors (Lipinski definition) is 0. The SMILES string of the molecule is CCN(Cc1cccc(F)c1)C(=O)Cc1ccccc1[N+](=O)[O-]. The lowest BCUT2D eigenvalue weighted by Gasteiger charge is -2.21. The summed E-state index contributed by atoms with van der Waals surface area (Å²) in [7, 11) is 0. The minimum Gasteiger partial charge on any atom is -0.338 e. The van der Waals surface area contributed by atoms with Crippen molar-refractivity contribution in [2.24, 2.45) is 0 Å². The molecule has 0 saturated carbocycles. The van der Waals surface area contributed by atoms with Gasteiger partial charge in [0.05, 0.1) is 11.3 Å². The number of halogens is 1. The summed E-state index contributed by atoms with van der Waals surface area (Å²) in [6, 6.07) is 12.2. The molecule has 0 spiro atoms. The molecule has 5 nitrogen and oxygen atoms in total. The van der Waals surface area contributed by atoms with Crippen molar-refractivity contribution < 1.29 is 14.1 Å². The van der Waals surface area contributed by atoms with Crippen molar-refractivity contribution in [3.8, 4) is 0 Å². The molecule has 2 rings (SSSR count).